The van der Waals surface area contributed by atoms with E-state index in [0.717, 1.165) is 59.3 Å². The molecule has 3 aromatic heterocycles. The van der Waals surface area contributed by atoms with E-state index in [9.17, 15) is 4.79 Å². The predicted molar refractivity (Wildman–Crippen MR) is 147 cm³/mol. The largest absolute Gasteiger partial charge is 0.495 e. The van der Waals surface area contributed by atoms with Crippen LogP contribution in [0.25, 0.3) is 28.3 Å². The number of nitrogens with zero attached hydrogens (tertiary/aromatic N) is 6. The second-order valence-electron chi connectivity index (χ2n) is 9.16. The summed E-state index contributed by atoms with van der Waals surface area (Å²) in [6.45, 7) is 4.74. The molecule has 0 amide bonds. The van der Waals surface area contributed by atoms with Crippen LogP contribution in [0.3, 0.4) is 0 Å². The van der Waals surface area contributed by atoms with Crippen molar-refractivity contribution in [1.29, 1.82) is 0 Å². The number of imidazole rings is 1. The number of tetrazole rings is 1. The zero-order chi connectivity index (χ0) is 26.5. The molecule has 9 heteroatoms. The van der Waals surface area contributed by atoms with Crippen molar-refractivity contribution in [2.45, 2.75) is 46.1 Å². The Labute approximate surface area is 221 Å². The summed E-state index contributed by atoms with van der Waals surface area (Å²) in [5.74, 6) is 1.15. The van der Waals surface area contributed by atoms with Crippen molar-refractivity contribution in [3.8, 4) is 34.1 Å². The SMILES string of the molecule is CCCc1cccc(OC)c1-n1cc(CCC)n(Cc2ccc(-c3cccnc3-c3nn[nH]n3)cc2)c1=O. The van der Waals surface area contributed by atoms with Crippen LogP contribution in [0.15, 0.2) is 71.8 Å². The van der Waals surface area contributed by atoms with Gasteiger partial charge in [0.25, 0.3) is 0 Å². The van der Waals surface area contributed by atoms with E-state index in [0.29, 0.717) is 23.8 Å². The zero-order valence-corrected chi connectivity index (χ0v) is 21.9. The third-order valence-electron chi connectivity index (χ3n) is 6.60. The Balaban J connectivity index is 1.51. The number of aromatic nitrogens is 7. The van der Waals surface area contributed by atoms with Crippen molar-refractivity contribution >= 4 is 0 Å². The number of H-pyrrole nitrogens is 1. The molecule has 0 unspecified atom stereocenters. The molecule has 0 atom stereocenters. The quantitative estimate of drug-likeness (QED) is 0.289. The number of hydrogen-bond acceptors (Lipinski definition) is 6. The van der Waals surface area contributed by atoms with Gasteiger partial charge in [-0.05, 0) is 46.9 Å². The summed E-state index contributed by atoms with van der Waals surface area (Å²) in [5, 5.41) is 14.3. The smallest absolute Gasteiger partial charge is 0.333 e. The van der Waals surface area contributed by atoms with Crippen LogP contribution in [0.5, 0.6) is 5.75 Å². The molecule has 38 heavy (non-hydrogen) atoms. The number of benzene rings is 2. The molecule has 3 heterocycles. The lowest BCUT2D eigenvalue weighted by molar-refractivity contribution is 0.411. The van der Waals surface area contributed by atoms with Gasteiger partial charge in [0.2, 0.25) is 5.82 Å². The average Bonchev–Trinajstić information content (AvgIpc) is 3.59. The maximum absolute atomic E-state index is 13.8. The highest BCUT2D eigenvalue weighted by molar-refractivity contribution is 5.77. The molecule has 0 bridgehead atoms. The fraction of sp³-hybridized carbons (Fsp3) is 0.276. The van der Waals surface area contributed by atoms with Crippen LogP contribution in [0, 0.1) is 0 Å². The van der Waals surface area contributed by atoms with Gasteiger partial charge in [-0.15, -0.1) is 10.2 Å². The number of rotatable bonds is 10. The van der Waals surface area contributed by atoms with Crippen LogP contribution >= 0.6 is 0 Å². The minimum absolute atomic E-state index is 0.0639. The van der Waals surface area contributed by atoms with Crippen LogP contribution < -0.4 is 10.4 Å². The van der Waals surface area contributed by atoms with Crippen LogP contribution in [-0.4, -0.2) is 41.9 Å². The molecule has 0 radical (unpaired) electrons. The summed E-state index contributed by atoms with van der Waals surface area (Å²) < 4.78 is 9.30. The van der Waals surface area contributed by atoms with E-state index in [4.69, 9.17) is 4.74 Å². The minimum Gasteiger partial charge on any atom is -0.495 e. The second kappa shape index (κ2) is 11.2. The molecule has 5 rings (SSSR count). The molecule has 2 aromatic carbocycles. The highest BCUT2D eigenvalue weighted by Gasteiger charge is 2.19. The molecule has 194 valence electrons. The van der Waals surface area contributed by atoms with Crippen molar-refractivity contribution in [3.63, 3.8) is 0 Å². The molecular weight excluding hydrogens is 478 g/mol. The fourth-order valence-electron chi connectivity index (χ4n) is 4.84. The Hall–Kier alpha value is -4.53. The molecule has 0 spiro atoms. The third kappa shape index (κ3) is 4.87. The van der Waals surface area contributed by atoms with Gasteiger partial charge < -0.3 is 4.74 Å². The second-order valence-corrected chi connectivity index (χ2v) is 9.16. The molecule has 0 saturated heterocycles. The lowest BCUT2D eigenvalue weighted by Gasteiger charge is -2.13. The van der Waals surface area contributed by atoms with Crippen LogP contribution in [-0.2, 0) is 19.4 Å². The standard InChI is InChI=1S/C29H31N7O2/c1-4-8-22-10-6-12-25(38-3)27(22)36-19-23(9-5-2)35(29(36)37)18-20-13-15-21(16-14-20)24-11-7-17-30-26(24)28-31-33-34-32-28/h6-7,10-17,19H,4-5,8-9,18H2,1-3H3,(H,31,32,33,34). The summed E-state index contributed by atoms with van der Waals surface area (Å²) in [4.78, 5) is 18.3. The molecule has 1 N–H and O–H groups in total. The zero-order valence-electron chi connectivity index (χ0n) is 21.9. The Morgan fingerprint density at radius 3 is 2.50 bits per heavy atom. The van der Waals surface area contributed by atoms with Gasteiger partial charge in [0.1, 0.15) is 11.4 Å². The van der Waals surface area contributed by atoms with Crippen LogP contribution in [0.2, 0.25) is 0 Å². The summed E-state index contributed by atoms with van der Waals surface area (Å²) in [6, 6.07) is 18.0. The Bertz CT molecular complexity index is 1570. The summed E-state index contributed by atoms with van der Waals surface area (Å²) in [6.07, 6.45) is 7.29. The molecule has 0 fully saturated rings. The predicted octanol–water partition coefficient (Wildman–Crippen LogP) is 4.84. The van der Waals surface area contributed by atoms with Gasteiger partial charge in [0.15, 0.2) is 0 Å². The summed E-state index contributed by atoms with van der Waals surface area (Å²) in [5.41, 5.74) is 6.46. The maximum atomic E-state index is 13.8. The van der Waals surface area contributed by atoms with Gasteiger partial charge in [-0.25, -0.2) is 4.79 Å². The van der Waals surface area contributed by atoms with Crippen LogP contribution in [0.1, 0.15) is 43.5 Å². The lowest BCUT2D eigenvalue weighted by atomic mass is 10.0. The number of methoxy groups -OCH3 is 1. The fourth-order valence-corrected chi connectivity index (χ4v) is 4.84. The monoisotopic (exact) mass is 509 g/mol. The molecular formula is C29H31N7O2. The number of nitrogens with one attached hydrogen (secondary N) is 1. The van der Waals surface area contributed by atoms with E-state index in [2.05, 4.69) is 45.5 Å². The first kappa shape index (κ1) is 25.1. The van der Waals surface area contributed by atoms with Gasteiger partial charge >= 0.3 is 5.69 Å². The van der Waals surface area contributed by atoms with Gasteiger partial charge in [-0.1, -0.05) is 69.2 Å². The topological polar surface area (TPSA) is 104 Å². The Kier molecular flexibility index (Phi) is 7.44. The van der Waals surface area contributed by atoms with Crippen molar-refractivity contribution in [2.75, 3.05) is 7.11 Å². The van der Waals surface area contributed by atoms with Gasteiger partial charge in [-0.3, -0.25) is 14.1 Å². The van der Waals surface area contributed by atoms with E-state index in [1.807, 2.05) is 59.3 Å². The maximum Gasteiger partial charge on any atom is 0.333 e. The van der Waals surface area contributed by atoms with Gasteiger partial charge in [-0.2, -0.15) is 5.21 Å². The van der Waals surface area contributed by atoms with Gasteiger partial charge in [0.05, 0.1) is 19.3 Å². The first-order chi connectivity index (χ1) is 18.6. The van der Waals surface area contributed by atoms with E-state index >= 15 is 0 Å². The molecule has 0 aliphatic carbocycles. The van der Waals surface area contributed by atoms with E-state index in [1.54, 1.807) is 17.9 Å². The third-order valence-corrected chi connectivity index (χ3v) is 6.60. The molecule has 0 saturated carbocycles. The molecule has 0 aliphatic heterocycles. The lowest BCUT2D eigenvalue weighted by Crippen LogP contribution is -2.25. The number of aromatic amines is 1. The average molecular weight is 510 g/mol. The molecule has 0 aliphatic rings. The number of para-hydroxylation sites is 1. The number of aryl methyl sites for hydroxylation is 2. The summed E-state index contributed by atoms with van der Waals surface area (Å²) >= 11 is 0. The highest BCUT2D eigenvalue weighted by atomic mass is 16.5. The van der Waals surface area contributed by atoms with Crippen molar-refractivity contribution in [2.24, 2.45) is 0 Å². The van der Waals surface area contributed by atoms with E-state index < -0.39 is 0 Å². The van der Waals surface area contributed by atoms with E-state index in [-0.39, 0.29) is 5.69 Å². The Morgan fingerprint density at radius 1 is 0.974 bits per heavy atom. The number of hydrogen-bond donors (Lipinski definition) is 1. The summed E-state index contributed by atoms with van der Waals surface area (Å²) in [7, 11) is 1.65. The first-order valence-electron chi connectivity index (χ1n) is 12.9. The van der Waals surface area contributed by atoms with E-state index in [1.165, 1.54) is 0 Å². The van der Waals surface area contributed by atoms with Crippen molar-refractivity contribution in [3.05, 3.63) is 94.3 Å². The number of pyridine rings is 1. The minimum atomic E-state index is -0.0639. The highest BCUT2D eigenvalue weighted by Crippen LogP contribution is 2.29. The van der Waals surface area contributed by atoms with Crippen molar-refractivity contribution in [1.82, 2.24) is 34.7 Å². The first-order valence-corrected chi connectivity index (χ1v) is 12.9. The molecule has 9 nitrogen and oxygen atoms in total. The van der Waals surface area contributed by atoms with Gasteiger partial charge in [0, 0.05) is 23.7 Å². The Morgan fingerprint density at radius 2 is 1.79 bits per heavy atom. The van der Waals surface area contributed by atoms with Crippen LogP contribution in [0.4, 0.5) is 0 Å². The molecule has 5 aromatic rings. The van der Waals surface area contributed by atoms with Crippen molar-refractivity contribution < 1.29 is 4.74 Å². The number of ether oxygens (including phenoxy) is 1. The normalized spacial score (nSPS) is 11.1.